The molecule has 0 saturated heterocycles. The number of benzene rings is 2. The van der Waals surface area contributed by atoms with Crippen LogP contribution in [0.4, 0.5) is 0 Å². The maximum atomic E-state index is 12.8. The van der Waals surface area contributed by atoms with Crippen molar-refractivity contribution in [3.8, 4) is 0 Å². The third-order valence-corrected chi connectivity index (χ3v) is 4.11. The number of rotatable bonds is 4. The average molecular weight is 338 g/mol. The van der Waals surface area contributed by atoms with Crippen molar-refractivity contribution in [2.45, 2.75) is 19.8 Å². The second kappa shape index (κ2) is 5.98. The van der Waals surface area contributed by atoms with Gasteiger partial charge in [-0.1, -0.05) is 23.8 Å². The SMILES string of the molecule is Cc1ccc2c(c1)C(=O)c1cc(CC(=O)O)cc(CC(=O)O)c1C2=O. The quantitative estimate of drug-likeness (QED) is 0.753. The normalized spacial score (nSPS) is 12.5. The Labute approximate surface area is 142 Å². The fraction of sp³-hybridized carbons (Fsp3) is 0.158. The van der Waals surface area contributed by atoms with Crippen LogP contribution in [0.25, 0.3) is 0 Å². The highest BCUT2D eigenvalue weighted by molar-refractivity contribution is 6.29. The summed E-state index contributed by atoms with van der Waals surface area (Å²) in [5, 5.41) is 18.1. The van der Waals surface area contributed by atoms with Gasteiger partial charge in [0.25, 0.3) is 0 Å². The van der Waals surface area contributed by atoms with Gasteiger partial charge in [-0.25, -0.2) is 0 Å². The number of hydrogen-bond acceptors (Lipinski definition) is 4. The van der Waals surface area contributed by atoms with Crippen molar-refractivity contribution >= 4 is 23.5 Å². The number of aliphatic carboxylic acids is 2. The van der Waals surface area contributed by atoms with Crippen LogP contribution in [-0.4, -0.2) is 33.7 Å². The summed E-state index contributed by atoms with van der Waals surface area (Å²) in [5.74, 6) is -3.08. The number of aryl methyl sites for hydroxylation is 1. The van der Waals surface area contributed by atoms with E-state index < -0.39 is 29.9 Å². The highest BCUT2D eigenvalue weighted by Crippen LogP contribution is 2.31. The first-order valence-corrected chi connectivity index (χ1v) is 7.57. The molecule has 25 heavy (non-hydrogen) atoms. The van der Waals surface area contributed by atoms with Gasteiger partial charge >= 0.3 is 11.9 Å². The highest BCUT2D eigenvalue weighted by atomic mass is 16.4. The minimum absolute atomic E-state index is 0.0536. The fourth-order valence-corrected chi connectivity index (χ4v) is 3.12. The van der Waals surface area contributed by atoms with E-state index in [1.165, 1.54) is 12.1 Å². The highest BCUT2D eigenvalue weighted by Gasteiger charge is 2.32. The smallest absolute Gasteiger partial charge is 0.307 e. The van der Waals surface area contributed by atoms with Crippen molar-refractivity contribution in [1.29, 1.82) is 0 Å². The Morgan fingerprint density at radius 3 is 2.16 bits per heavy atom. The Balaban J connectivity index is 2.26. The van der Waals surface area contributed by atoms with E-state index in [1.807, 2.05) is 0 Å². The van der Waals surface area contributed by atoms with E-state index in [9.17, 15) is 19.2 Å². The van der Waals surface area contributed by atoms with Gasteiger partial charge in [0, 0.05) is 22.3 Å². The van der Waals surface area contributed by atoms with Crippen LogP contribution in [0.15, 0.2) is 30.3 Å². The zero-order valence-corrected chi connectivity index (χ0v) is 13.3. The number of hydrogen-bond donors (Lipinski definition) is 2. The van der Waals surface area contributed by atoms with Crippen LogP contribution in [-0.2, 0) is 22.4 Å². The van der Waals surface area contributed by atoms with Gasteiger partial charge in [-0.3, -0.25) is 19.2 Å². The van der Waals surface area contributed by atoms with Gasteiger partial charge < -0.3 is 10.2 Å². The number of carbonyl (C=O) groups excluding carboxylic acids is 2. The average Bonchev–Trinajstić information content (AvgIpc) is 2.51. The third kappa shape index (κ3) is 2.94. The molecule has 0 unspecified atom stereocenters. The zero-order chi connectivity index (χ0) is 18.3. The van der Waals surface area contributed by atoms with E-state index in [4.69, 9.17) is 10.2 Å². The summed E-state index contributed by atoms with van der Waals surface area (Å²) in [5.41, 5.74) is 1.88. The third-order valence-electron chi connectivity index (χ3n) is 4.11. The first-order valence-electron chi connectivity index (χ1n) is 7.57. The molecule has 3 rings (SSSR count). The number of ketones is 2. The predicted molar refractivity (Wildman–Crippen MR) is 87.2 cm³/mol. The topological polar surface area (TPSA) is 109 Å². The number of fused-ring (bicyclic) bond motifs is 2. The minimum Gasteiger partial charge on any atom is -0.481 e. The summed E-state index contributed by atoms with van der Waals surface area (Å²) in [6.45, 7) is 1.80. The second-order valence-electron chi connectivity index (χ2n) is 6.03. The maximum Gasteiger partial charge on any atom is 0.307 e. The first-order chi connectivity index (χ1) is 11.8. The Hall–Kier alpha value is -3.28. The van der Waals surface area contributed by atoms with Gasteiger partial charge in [-0.15, -0.1) is 0 Å². The molecule has 0 spiro atoms. The van der Waals surface area contributed by atoms with E-state index in [0.29, 0.717) is 5.56 Å². The van der Waals surface area contributed by atoms with E-state index in [2.05, 4.69) is 0 Å². The van der Waals surface area contributed by atoms with Crippen molar-refractivity contribution < 1.29 is 29.4 Å². The molecule has 0 amide bonds. The van der Waals surface area contributed by atoms with Crippen LogP contribution in [0.1, 0.15) is 48.5 Å². The molecule has 6 heteroatoms. The summed E-state index contributed by atoms with van der Waals surface area (Å²) in [6.07, 6.45) is -0.821. The number of carbonyl (C=O) groups is 4. The Kier molecular flexibility index (Phi) is 3.96. The van der Waals surface area contributed by atoms with Gasteiger partial charge in [0.05, 0.1) is 12.8 Å². The van der Waals surface area contributed by atoms with E-state index >= 15 is 0 Å². The molecule has 2 aromatic rings. The molecule has 0 heterocycles. The lowest BCUT2D eigenvalue weighted by atomic mass is 9.79. The monoisotopic (exact) mass is 338 g/mol. The van der Waals surface area contributed by atoms with E-state index in [1.54, 1.807) is 25.1 Å². The Morgan fingerprint density at radius 2 is 1.52 bits per heavy atom. The van der Waals surface area contributed by atoms with Crippen molar-refractivity contribution in [3.63, 3.8) is 0 Å². The van der Waals surface area contributed by atoms with Crippen LogP contribution in [0.2, 0.25) is 0 Å². The van der Waals surface area contributed by atoms with Gasteiger partial charge in [-0.2, -0.15) is 0 Å². The lowest BCUT2D eigenvalue weighted by Crippen LogP contribution is -2.24. The molecular formula is C19H14O6. The number of carboxylic acid groups (broad SMARTS) is 2. The lowest BCUT2D eigenvalue weighted by Gasteiger charge is -2.21. The van der Waals surface area contributed by atoms with E-state index in [0.717, 1.165) is 5.56 Å². The molecule has 1 aliphatic carbocycles. The molecule has 1 aliphatic rings. The molecular weight excluding hydrogens is 324 g/mol. The molecule has 0 atom stereocenters. The molecule has 0 fully saturated rings. The molecule has 0 bridgehead atoms. The second-order valence-corrected chi connectivity index (χ2v) is 6.03. The van der Waals surface area contributed by atoms with Gasteiger partial charge in [0.2, 0.25) is 0 Å². The Bertz CT molecular complexity index is 955. The summed E-state index contributed by atoms with van der Waals surface area (Å²) < 4.78 is 0. The maximum absolute atomic E-state index is 12.8. The standard InChI is InChI=1S/C19H14O6/c1-9-2-3-12-13(4-9)18(24)14-6-10(7-15(20)21)5-11(8-16(22)23)17(14)19(12)25/h2-6H,7-8H2,1H3,(H,20,21)(H,22,23). The van der Waals surface area contributed by atoms with Crippen LogP contribution >= 0.6 is 0 Å². The lowest BCUT2D eigenvalue weighted by molar-refractivity contribution is -0.137. The minimum atomic E-state index is -1.16. The molecule has 0 aromatic heterocycles. The molecule has 6 nitrogen and oxygen atoms in total. The zero-order valence-electron chi connectivity index (χ0n) is 13.3. The summed E-state index contributed by atoms with van der Waals surface area (Å²) in [4.78, 5) is 47.8. The summed E-state index contributed by atoms with van der Waals surface area (Å²) in [6, 6.07) is 7.64. The van der Waals surface area contributed by atoms with Crippen LogP contribution in [0.5, 0.6) is 0 Å². The van der Waals surface area contributed by atoms with Gasteiger partial charge in [0.1, 0.15) is 0 Å². The van der Waals surface area contributed by atoms with Gasteiger partial charge in [-0.05, 0) is 30.2 Å². The first kappa shape index (κ1) is 16.6. The predicted octanol–water partition coefficient (Wildman–Crippen LogP) is 2.02. The van der Waals surface area contributed by atoms with E-state index in [-0.39, 0.29) is 34.2 Å². The number of carboxylic acids is 2. The molecule has 2 aromatic carbocycles. The molecule has 0 aliphatic heterocycles. The van der Waals surface area contributed by atoms with Gasteiger partial charge in [0.15, 0.2) is 11.6 Å². The summed E-state index contributed by atoms with van der Waals surface area (Å²) in [7, 11) is 0. The van der Waals surface area contributed by atoms with Crippen molar-refractivity contribution in [2.24, 2.45) is 0 Å². The van der Waals surface area contributed by atoms with Crippen LogP contribution < -0.4 is 0 Å². The molecule has 126 valence electrons. The molecule has 2 N–H and O–H groups in total. The summed E-state index contributed by atoms with van der Waals surface area (Å²) >= 11 is 0. The van der Waals surface area contributed by atoms with Crippen molar-refractivity contribution in [2.75, 3.05) is 0 Å². The Morgan fingerprint density at radius 1 is 0.840 bits per heavy atom. The van der Waals surface area contributed by atoms with Crippen LogP contribution in [0, 0.1) is 6.92 Å². The molecule has 0 radical (unpaired) electrons. The fourth-order valence-electron chi connectivity index (χ4n) is 3.12. The largest absolute Gasteiger partial charge is 0.481 e. The van der Waals surface area contributed by atoms with Crippen molar-refractivity contribution in [3.05, 3.63) is 69.3 Å². The molecule has 0 saturated carbocycles. The van der Waals surface area contributed by atoms with Crippen LogP contribution in [0.3, 0.4) is 0 Å². The van der Waals surface area contributed by atoms with Crippen molar-refractivity contribution in [1.82, 2.24) is 0 Å².